The fraction of sp³-hybridized carbons (Fsp3) is 0.368. The molecule has 28 heavy (non-hydrogen) atoms. The Labute approximate surface area is 169 Å². The number of hydrogen-bond acceptors (Lipinski definition) is 5. The monoisotopic (exact) mass is 420 g/mol. The van der Waals surface area contributed by atoms with Crippen LogP contribution in [-0.2, 0) is 10.0 Å². The van der Waals surface area contributed by atoms with E-state index >= 15 is 0 Å². The molecule has 2 aliphatic heterocycles. The standard InChI is InChI=1S/C19H21ClN4O3S/c20-17-3-1-4-18(21-17)22-10-12-23(13-11-22)19(25)15-5-7-16(8-6-15)24-9-2-14-28(24,26)27/h1,3-8H,2,9-14H2. The molecule has 1 aromatic heterocycles. The van der Waals surface area contributed by atoms with E-state index in [-0.39, 0.29) is 11.7 Å². The number of hydrogen-bond donors (Lipinski definition) is 0. The van der Waals surface area contributed by atoms with Crippen LogP contribution in [0.1, 0.15) is 16.8 Å². The SMILES string of the molecule is O=C(c1ccc(N2CCCS2(=O)=O)cc1)N1CCN(c2cccc(Cl)n2)CC1. The number of carbonyl (C=O) groups excluding carboxylic acids is 1. The van der Waals surface area contributed by atoms with E-state index in [4.69, 9.17) is 11.6 Å². The van der Waals surface area contributed by atoms with Crippen LogP contribution in [0.2, 0.25) is 5.15 Å². The number of sulfonamides is 1. The van der Waals surface area contributed by atoms with Crippen molar-refractivity contribution in [1.82, 2.24) is 9.88 Å². The average Bonchev–Trinajstić information content (AvgIpc) is 3.07. The van der Waals surface area contributed by atoms with E-state index in [1.54, 1.807) is 30.3 Å². The maximum Gasteiger partial charge on any atom is 0.253 e. The molecule has 1 amide bonds. The molecule has 2 aromatic rings. The van der Waals surface area contributed by atoms with Crippen molar-refractivity contribution in [3.63, 3.8) is 0 Å². The van der Waals surface area contributed by atoms with Gasteiger partial charge >= 0.3 is 0 Å². The highest BCUT2D eigenvalue weighted by Gasteiger charge is 2.29. The van der Waals surface area contributed by atoms with Crippen LogP contribution in [0.25, 0.3) is 0 Å². The molecule has 1 aromatic carbocycles. The number of anilines is 2. The van der Waals surface area contributed by atoms with E-state index in [1.165, 1.54) is 4.31 Å². The maximum atomic E-state index is 12.8. The number of nitrogens with zero attached hydrogens (tertiary/aromatic N) is 4. The summed E-state index contributed by atoms with van der Waals surface area (Å²) in [5.74, 6) is 0.949. The van der Waals surface area contributed by atoms with E-state index in [2.05, 4.69) is 9.88 Å². The highest BCUT2D eigenvalue weighted by atomic mass is 35.5. The minimum Gasteiger partial charge on any atom is -0.353 e. The molecule has 0 atom stereocenters. The van der Waals surface area contributed by atoms with Gasteiger partial charge in [0.2, 0.25) is 10.0 Å². The van der Waals surface area contributed by atoms with Crippen LogP contribution in [0, 0.1) is 0 Å². The van der Waals surface area contributed by atoms with Gasteiger partial charge in [-0.15, -0.1) is 0 Å². The molecule has 4 rings (SSSR count). The van der Waals surface area contributed by atoms with Crippen LogP contribution in [-0.4, -0.2) is 62.7 Å². The van der Waals surface area contributed by atoms with Crippen molar-refractivity contribution in [2.24, 2.45) is 0 Å². The van der Waals surface area contributed by atoms with E-state index in [0.29, 0.717) is 55.5 Å². The molecule has 2 fully saturated rings. The van der Waals surface area contributed by atoms with Gasteiger partial charge in [-0.2, -0.15) is 0 Å². The Hall–Kier alpha value is -2.32. The van der Waals surface area contributed by atoms with Crippen LogP contribution < -0.4 is 9.21 Å². The van der Waals surface area contributed by atoms with Crippen molar-refractivity contribution in [2.45, 2.75) is 6.42 Å². The van der Waals surface area contributed by atoms with Gasteiger partial charge in [0.15, 0.2) is 0 Å². The number of amides is 1. The Kier molecular flexibility index (Phi) is 5.16. The van der Waals surface area contributed by atoms with E-state index in [0.717, 1.165) is 5.82 Å². The van der Waals surface area contributed by atoms with Gasteiger partial charge in [0, 0.05) is 38.3 Å². The summed E-state index contributed by atoms with van der Waals surface area (Å²) in [6.45, 7) is 3.05. The highest BCUT2D eigenvalue weighted by molar-refractivity contribution is 7.93. The van der Waals surface area contributed by atoms with Gasteiger partial charge in [-0.05, 0) is 42.8 Å². The number of pyridine rings is 1. The Morgan fingerprint density at radius 3 is 2.29 bits per heavy atom. The number of carbonyl (C=O) groups is 1. The van der Waals surface area contributed by atoms with Crippen LogP contribution in [0.4, 0.5) is 11.5 Å². The molecule has 2 aliphatic rings. The van der Waals surface area contributed by atoms with Crippen LogP contribution in [0.15, 0.2) is 42.5 Å². The Bertz CT molecular complexity index is 973. The summed E-state index contributed by atoms with van der Waals surface area (Å²) >= 11 is 5.96. The smallest absolute Gasteiger partial charge is 0.253 e. The predicted octanol–water partition coefficient (Wildman–Crippen LogP) is 2.24. The molecule has 3 heterocycles. The van der Waals surface area contributed by atoms with Crippen LogP contribution >= 0.6 is 11.6 Å². The number of aromatic nitrogens is 1. The van der Waals surface area contributed by atoms with Crippen LogP contribution in [0.3, 0.4) is 0 Å². The fourth-order valence-corrected chi connectivity index (χ4v) is 5.32. The highest BCUT2D eigenvalue weighted by Crippen LogP contribution is 2.25. The third-order valence-corrected chi connectivity index (χ3v) is 7.17. The quantitative estimate of drug-likeness (QED) is 0.712. The first kappa shape index (κ1) is 19.0. The molecule has 148 valence electrons. The van der Waals surface area contributed by atoms with Crippen molar-refractivity contribution < 1.29 is 13.2 Å². The molecule has 0 aliphatic carbocycles. The molecule has 7 nitrogen and oxygen atoms in total. The molecule has 0 spiro atoms. The first-order valence-electron chi connectivity index (χ1n) is 9.21. The van der Waals surface area contributed by atoms with Gasteiger partial charge in [-0.1, -0.05) is 17.7 Å². The summed E-state index contributed by atoms with van der Waals surface area (Å²) in [6.07, 6.45) is 0.634. The molecule has 0 radical (unpaired) electrons. The molecule has 9 heteroatoms. The number of piperazine rings is 1. The average molecular weight is 421 g/mol. The van der Waals surface area contributed by atoms with E-state index in [1.807, 2.05) is 17.0 Å². The summed E-state index contributed by atoms with van der Waals surface area (Å²) in [5, 5.41) is 0.455. The summed E-state index contributed by atoms with van der Waals surface area (Å²) < 4.78 is 25.5. The minimum atomic E-state index is -3.21. The van der Waals surface area contributed by atoms with Crippen molar-refractivity contribution in [2.75, 3.05) is 47.7 Å². The largest absolute Gasteiger partial charge is 0.353 e. The minimum absolute atomic E-state index is 0.0467. The van der Waals surface area contributed by atoms with Crippen molar-refractivity contribution in [3.8, 4) is 0 Å². The van der Waals surface area contributed by atoms with Gasteiger partial charge in [-0.25, -0.2) is 13.4 Å². The summed E-state index contributed by atoms with van der Waals surface area (Å²) in [5.41, 5.74) is 1.18. The zero-order valence-electron chi connectivity index (χ0n) is 15.3. The normalized spacial score (nSPS) is 19.1. The van der Waals surface area contributed by atoms with Crippen molar-refractivity contribution in [1.29, 1.82) is 0 Å². The number of benzene rings is 1. The lowest BCUT2D eigenvalue weighted by molar-refractivity contribution is 0.0746. The topological polar surface area (TPSA) is 73.8 Å². The second-order valence-electron chi connectivity index (χ2n) is 6.89. The molecular weight excluding hydrogens is 400 g/mol. The lowest BCUT2D eigenvalue weighted by Crippen LogP contribution is -2.49. The Morgan fingerprint density at radius 1 is 0.964 bits per heavy atom. The van der Waals surface area contributed by atoms with E-state index in [9.17, 15) is 13.2 Å². The Balaban J connectivity index is 1.40. The lowest BCUT2D eigenvalue weighted by Gasteiger charge is -2.35. The molecule has 0 N–H and O–H groups in total. The third kappa shape index (κ3) is 3.79. The molecule has 2 saturated heterocycles. The fourth-order valence-electron chi connectivity index (χ4n) is 3.59. The maximum absolute atomic E-state index is 12.8. The number of rotatable bonds is 3. The predicted molar refractivity (Wildman–Crippen MR) is 110 cm³/mol. The second-order valence-corrected chi connectivity index (χ2v) is 9.29. The lowest BCUT2D eigenvalue weighted by atomic mass is 10.1. The zero-order valence-corrected chi connectivity index (χ0v) is 16.9. The van der Waals surface area contributed by atoms with Gasteiger partial charge in [0.1, 0.15) is 11.0 Å². The molecular formula is C19H21ClN4O3S. The van der Waals surface area contributed by atoms with Crippen LogP contribution in [0.5, 0.6) is 0 Å². The first-order valence-corrected chi connectivity index (χ1v) is 11.2. The third-order valence-electron chi connectivity index (χ3n) is 5.09. The summed E-state index contributed by atoms with van der Waals surface area (Å²) in [4.78, 5) is 21.0. The first-order chi connectivity index (χ1) is 13.4. The molecule has 0 bridgehead atoms. The summed E-state index contributed by atoms with van der Waals surface area (Å²) in [6, 6.07) is 12.3. The summed E-state index contributed by atoms with van der Waals surface area (Å²) in [7, 11) is -3.21. The van der Waals surface area contributed by atoms with Gasteiger partial charge in [0.25, 0.3) is 5.91 Å². The Morgan fingerprint density at radius 2 is 1.68 bits per heavy atom. The molecule has 0 saturated carbocycles. The van der Waals surface area contributed by atoms with Crippen molar-refractivity contribution in [3.05, 3.63) is 53.2 Å². The van der Waals surface area contributed by atoms with Gasteiger partial charge in [0.05, 0.1) is 11.4 Å². The van der Waals surface area contributed by atoms with Crippen molar-refractivity contribution >= 4 is 39.0 Å². The molecule has 0 unspecified atom stereocenters. The van der Waals surface area contributed by atoms with Gasteiger partial charge < -0.3 is 9.80 Å². The zero-order chi connectivity index (χ0) is 19.7. The van der Waals surface area contributed by atoms with Gasteiger partial charge in [-0.3, -0.25) is 9.10 Å². The second kappa shape index (κ2) is 7.60. The van der Waals surface area contributed by atoms with E-state index < -0.39 is 10.0 Å². The number of halogens is 1.